The number of amides is 1. The third-order valence-corrected chi connectivity index (χ3v) is 4.17. The number of para-hydroxylation sites is 1. The second kappa shape index (κ2) is 6.53. The zero-order valence-electron chi connectivity index (χ0n) is 12.3. The fourth-order valence-corrected chi connectivity index (χ4v) is 2.81. The third kappa shape index (κ3) is 3.35. The lowest BCUT2D eigenvalue weighted by Crippen LogP contribution is -2.15. The molecule has 116 valence electrons. The van der Waals surface area contributed by atoms with Gasteiger partial charge in [0.25, 0.3) is 5.91 Å². The summed E-state index contributed by atoms with van der Waals surface area (Å²) in [5.74, 6) is -0.364. The van der Waals surface area contributed by atoms with Crippen LogP contribution in [0, 0.1) is 0 Å². The highest BCUT2D eigenvalue weighted by Crippen LogP contribution is 2.19. The fourth-order valence-electron chi connectivity index (χ4n) is 2.11. The highest BCUT2D eigenvalue weighted by atomic mass is 32.2. The van der Waals surface area contributed by atoms with Crippen molar-refractivity contribution in [2.24, 2.45) is 0 Å². The zero-order valence-corrected chi connectivity index (χ0v) is 13.2. The Morgan fingerprint density at radius 1 is 1.17 bits per heavy atom. The number of nitrogens with one attached hydrogen (secondary N) is 1. The van der Waals surface area contributed by atoms with Gasteiger partial charge in [0.15, 0.2) is 0 Å². The second-order valence-corrected chi connectivity index (χ2v) is 6.10. The first-order valence-corrected chi connectivity index (χ1v) is 8.41. The van der Waals surface area contributed by atoms with Crippen molar-refractivity contribution in [2.45, 2.75) is 4.90 Å². The van der Waals surface area contributed by atoms with Crippen LogP contribution in [0.3, 0.4) is 0 Å². The molecule has 0 spiro atoms. The van der Waals surface area contributed by atoms with Gasteiger partial charge in [-0.25, -0.2) is 4.68 Å². The Morgan fingerprint density at radius 3 is 2.74 bits per heavy atom. The van der Waals surface area contributed by atoms with Gasteiger partial charge in [0.2, 0.25) is 0 Å². The van der Waals surface area contributed by atoms with Gasteiger partial charge in [0, 0.05) is 24.8 Å². The number of hydrogen-bond donors (Lipinski definition) is 1. The Hall–Kier alpha value is -2.80. The first-order chi connectivity index (χ1) is 11.1. The van der Waals surface area contributed by atoms with E-state index in [4.69, 9.17) is 0 Å². The molecule has 0 unspecified atom stereocenters. The maximum atomic E-state index is 12.4. The molecule has 7 heteroatoms. The topological polar surface area (TPSA) is 76.9 Å². The van der Waals surface area contributed by atoms with Gasteiger partial charge in [-0.2, -0.15) is 5.10 Å². The van der Waals surface area contributed by atoms with Gasteiger partial charge >= 0.3 is 0 Å². The number of carbonyl (C=O) groups excluding carboxylic acids is 1. The normalized spacial score (nSPS) is 11.9. The van der Waals surface area contributed by atoms with Crippen LogP contribution >= 0.6 is 0 Å². The van der Waals surface area contributed by atoms with Crippen LogP contribution in [0.5, 0.6) is 0 Å². The number of hydrogen-bond acceptors (Lipinski definition) is 4. The summed E-state index contributed by atoms with van der Waals surface area (Å²) in [6.45, 7) is 0. The van der Waals surface area contributed by atoms with Crippen LogP contribution in [-0.4, -0.2) is 31.1 Å². The lowest BCUT2D eigenvalue weighted by molar-refractivity contribution is 0.102. The van der Waals surface area contributed by atoms with Crippen molar-refractivity contribution in [1.29, 1.82) is 0 Å². The summed E-state index contributed by atoms with van der Waals surface area (Å²) in [6, 6.07) is 12.2. The van der Waals surface area contributed by atoms with Crippen LogP contribution in [-0.2, 0) is 10.8 Å². The number of anilines is 1. The van der Waals surface area contributed by atoms with E-state index in [-0.39, 0.29) is 11.6 Å². The average Bonchev–Trinajstić information content (AvgIpc) is 3.10. The molecule has 0 saturated carbocycles. The summed E-state index contributed by atoms with van der Waals surface area (Å²) in [5, 5.41) is 6.88. The Morgan fingerprint density at radius 2 is 2.00 bits per heavy atom. The maximum Gasteiger partial charge on any atom is 0.274 e. The monoisotopic (exact) mass is 326 g/mol. The molecule has 6 nitrogen and oxygen atoms in total. The molecule has 1 atom stereocenters. The van der Waals surface area contributed by atoms with Gasteiger partial charge in [-0.3, -0.25) is 14.0 Å². The molecule has 1 amide bonds. The Bertz CT molecular complexity index is 862. The molecule has 3 rings (SSSR count). The lowest BCUT2D eigenvalue weighted by atomic mass is 10.2. The zero-order chi connectivity index (χ0) is 16.2. The van der Waals surface area contributed by atoms with Gasteiger partial charge in [0.05, 0.1) is 27.1 Å². The van der Waals surface area contributed by atoms with Crippen LogP contribution < -0.4 is 5.32 Å². The summed E-state index contributed by atoms with van der Waals surface area (Å²) in [6.07, 6.45) is 6.57. The molecular weight excluding hydrogens is 312 g/mol. The molecule has 0 aliphatic carbocycles. The van der Waals surface area contributed by atoms with E-state index in [9.17, 15) is 9.00 Å². The lowest BCUT2D eigenvalue weighted by Gasteiger charge is -2.09. The summed E-state index contributed by atoms with van der Waals surface area (Å²) >= 11 is 0. The summed E-state index contributed by atoms with van der Waals surface area (Å²) in [4.78, 5) is 17.1. The summed E-state index contributed by atoms with van der Waals surface area (Å²) in [5.41, 5.74) is 1.52. The molecule has 0 bridgehead atoms. The van der Waals surface area contributed by atoms with Crippen LogP contribution in [0.1, 0.15) is 10.5 Å². The van der Waals surface area contributed by atoms with Gasteiger partial charge in [-0.05, 0) is 30.3 Å². The predicted octanol–water partition coefficient (Wildman–Crippen LogP) is 2.26. The highest BCUT2D eigenvalue weighted by Gasteiger charge is 2.12. The number of carbonyl (C=O) groups is 1. The fraction of sp³-hybridized carbons (Fsp3) is 0.0625. The number of benzene rings is 1. The predicted molar refractivity (Wildman–Crippen MR) is 88.1 cm³/mol. The molecule has 0 aliphatic rings. The van der Waals surface area contributed by atoms with Gasteiger partial charge in [-0.1, -0.05) is 12.1 Å². The molecule has 23 heavy (non-hydrogen) atoms. The molecule has 1 N–H and O–H groups in total. The Balaban J connectivity index is 1.87. The van der Waals surface area contributed by atoms with Gasteiger partial charge < -0.3 is 5.32 Å². The molecule has 2 heterocycles. The first kappa shape index (κ1) is 15.1. The Labute approximate surface area is 135 Å². The largest absolute Gasteiger partial charge is 0.320 e. The highest BCUT2D eigenvalue weighted by molar-refractivity contribution is 7.84. The van der Waals surface area contributed by atoms with Crippen LogP contribution in [0.25, 0.3) is 5.69 Å². The second-order valence-electron chi connectivity index (χ2n) is 4.75. The van der Waals surface area contributed by atoms with E-state index in [0.29, 0.717) is 10.6 Å². The SMILES string of the molecule is C[S@@](=O)c1ccccc1NC(=O)c1cc(-n2cccn2)ccn1. The van der Waals surface area contributed by atoms with Crippen LogP contribution in [0.4, 0.5) is 5.69 Å². The van der Waals surface area contributed by atoms with Crippen molar-refractivity contribution >= 4 is 22.4 Å². The quantitative estimate of drug-likeness (QED) is 0.798. The van der Waals surface area contributed by atoms with E-state index in [1.807, 2.05) is 0 Å². The molecular formula is C16H14N4O2S. The Kier molecular flexibility index (Phi) is 4.29. The van der Waals surface area contributed by atoms with E-state index >= 15 is 0 Å². The van der Waals surface area contributed by atoms with Crippen molar-refractivity contribution in [3.8, 4) is 5.69 Å². The van der Waals surface area contributed by atoms with Crippen molar-refractivity contribution in [3.05, 3.63) is 66.7 Å². The van der Waals surface area contributed by atoms with E-state index in [2.05, 4.69) is 15.4 Å². The molecule has 0 fully saturated rings. The van der Waals surface area contributed by atoms with Crippen molar-refractivity contribution in [1.82, 2.24) is 14.8 Å². The number of rotatable bonds is 4. The minimum absolute atomic E-state index is 0.259. The number of pyridine rings is 1. The van der Waals surface area contributed by atoms with Crippen LogP contribution in [0.15, 0.2) is 66.0 Å². The smallest absolute Gasteiger partial charge is 0.274 e. The third-order valence-electron chi connectivity index (χ3n) is 3.19. The van der Waals surface area contributed by atoms with Gasteiger partial charge in [0.1, 0.15) is 5.69 Å². The van der Waals surface area contributed by atoms with Crippen LogP contribution in [0.2, 0.25) is 0 Å². The first-order valence-electron chi connectivity index (χ1n) is 6.85. The molecule has 3 aromatic rings. The van der Waals surface area contributed by atoms with Crippen molar-refractivity contribution in [3.63, 3.8) is 0 Å². The summed E-state index contributed by atoms with van der Waals surface area (Å²) in [7, 11) is -1.19. The molecule has 0 saturated heterocycles. The molecule has 1 aromatic carbocycles. The van der Waals surface area contributed by atoms with E-state index in [1.165, 1.54) is 0 Å². The molecule has 0 aliphatic heterocycles. The summed E-state index contributed by atoms with van der Waals surface area (Å²) < 4.78 is 13.4. The minimum atomic E-state index is -1.19. The van der Waals surface area contributed by atoms with E-state index < -0.39 is 10.8 Å². The maximum absolute atomic E-state index is 12.4. The minimum Gasteiger partial charge on any atom is -0.320 e. The number of nitrogens with zero attached hydrogens (tertiary/aromatic N) is 3. The van der Waals surface area contributed by atoms with E-state index in [1.54, 1.807) is 72.0 Å². The molecule has 2 aromatic heterocycles. The number of aromatic nitrogens is 3. The molecule has 0 radical (unpaired) electrons. The average molecular weight is 326 g/mol. The van der Waals surface area contributed by atoms with Crippen molar-refractivity contribution in [2.75, 3.05) is 11.6 Å². The van der Waals surface area contributed by atoms with E-state index in [0.717, 1.165) is 5.69 Å². The van der Waals surface area contributed by atoms with Crippen molar-refractivity contribution < 1.29 is 9.00 Å². The van der Waals surface area contributed by atoms with Gasteiger partial charge in [-0.15, -0.1) is 0 Å². The standard InChI is InChI=1S/C16H14N4O2S/c1-23(22)15-6-3-2-5-13(15)19-16(21)14-11-12(7-9-17-14)20-10-4-8-18-20/h2-11H,1H3,(H,19,21)/t23-/m1/s1.